The number of hydrogen-bond donors (Lipinski definition) is 0. The number of alkyl halides is 1. The van der Waals surface area contributed by atoms with Crippen molar-refractivity contribution in [3.63, 3.8) is 0 Å². The largest absolute Gasteiger partial charge is 0.343 e. The lowest BCUT2D eigenvalue weighted by molar-refractivity contribution is -0.132. The van der Waals surface area contributed by atoms with Crippen LogP contribution in [0.2, 0.25) is 0 Å². The van der Waals surface area contributed by atoms with E-state index < -0.39 is 0 Å². The van der Waals surface area contributed by atoms with Crippen LogP contribution in [0, 0.1) is 0 Å². The Balaban J connectivity index is 2.35. The predicted molar refractivity (Wildman–Crippen MR) is 63.2 cm³/mol. The molecule has 1 amide bonds. The first-order valence-corrected chi connectivity index (χ1v) is 6.26. The van der Waals surface area contributed by atoms with Crippen LogP contribution in [0.15, 0.2) is 0 Å². The fraction of sp³-hybridized carbons (Fsp3) is 0.909. The first-order valence-electron chi connectivity index (χ1n) is 5.73. The number of halogens is 1. The van der Waals surface area contributed by atoms with E-state index in [2.05, 4.69) is 11.8 Å². The Bertz CT molecular complexity index is 203. The van der Waals surface area contributed by atoms with Crippen molar-refractivity contribution in [2.75, 3.05) is 32.6 Å². The third-order valence-electron chi connectivity index (χ3n) is 3.25. The van der Waals surface area contributed by atoms with E-state index in [1.54, 1.807) is 0 Å². The van der Waals surface area contributed by atoms with Gasteiger partial charge in [0.1, 0.15) is 0 Å². The summed E-state index contributed by atoms with van der Waals surface area (Å²) < 4.78 is 0. The van der Waals surface area contributed by atoms with Gasteiger partial charge < -0.3 is 9.80 Å². The van der Waals surface area contributed by atoms with Gasteiger partial charge in [-0.3, -0.25) is 4.79 Å². The molecule has 1 aliphatic rings. The normalized spacial score (nSPS) is 19.1. The molecule has 0 atom stereocenters. The summed E-state index contributed by atoms with van der Waals surface area (Å²) in [4.78, 5) is 15.9. The van der Waals surface area contributed by atoms with E-state index in [1.807, 2.05) is 11.9 Å². The van der Waals surface area contributed by atoms with Gasteiger partial charge in [0.2, 0.25) is 5.91 Å². The summed E-state index contributed by atoms with van der Waals surface area (Å²) in [5, 5.41) is 0. The molecule has 0 aromatic heterocycles. The van der Waals surface area contributed by atoms with Gasteiger partial charge in [-0.1, -0.05) is 6.92 Å². The van der Waals surface area contributed by atoms with Crippen LogP contribution in [0.25, 0.3) is 0 Å². The minimum Gasteiger partial charge on any atom is -0.343 e. The molecule has 88 valence electrons. The summed E-state index contributed by atoms with van der Waals surface area (Å²) >= 11 is 5.57. The molecule has 0 aromatic carbocycles. The maximum atomic E-state index is 11.6. The Hall–Kier alpha value is -0.280. The summed E-state index contributed by atoms with van der Waals surface area (Å²) in [5.41, 5.74) is 0. The Morgan fingerprint density at radius 3 is 2.53 bits per heavy atom. The smallest absolute Gasteiger partial charge is 0.223 e. The molecule has 1 saturated heterocycles. The van der Waals surface area contributed by atoms with Crippen LogP contribution in [-0.2, 0) is 4.79 Å². The van der Waals surface area contributed by atoms with Gasteiger partial charge in [0.15, 0.2) is 0 Å². The van der Waals surface area contributed by atoms with Gasteiger partial charge >= 0.3 is 0 Å². The van der Waals surface area contributed by atoms with Gasteiger partial charge in [0.05, 0.1) is 0 Å². The molecule has 3 nitrogen and oxygen atoms in total. The molecule has 1 aliphatic heterocycles. The Morgan fingerprint density at radius 2 is 2.07 bits per heavy atom. The number of hydrogen-bond acceptors (Lipinski definition) is 2. The van der Waals surface area contributed by atoms with Gasteiger partial charge in [0, 0.05) is 38.5 Å². The van der Waals surface area contributed by atoms with E-state index in [0.29, 0.717) is 18.3 Å². The number of carbonyl (C=O) groups is 1. The monoisotopic (exact) mass is 232 g/mol. The first-order chi connectivity index (χ1) is 7.19. The molecular weight excluding hydrogens is 212 g/mol. The lowest BCUT2D eigenvalue weighted by Gasteiger charge is -2.36. The van der Waals surface area contributed by atoms with E-state index in [-0.39, 0.29) is 5.91 Å². The maximum Gasteiger partial charge on any atom is 0.223 e. The lowest BCUT2D eigenvalue weighted by atomic mass is 10.0. The number of likely N-dealkylation sites (tertiary alicyclic amines) is 1. The summed E-state index contributed by atoms with van der Waals surface area (Å²) in [6, 6.07) is 0.420. The molecule has 0 unspecified atom stereocenters. The van der Waals surface area contributed by atoms with Gasteiger partial charge in [-0.25, -0.2) is 0 Å². The molecule has 0 radical (unpaired) electrons. The van der Waals surface area contributed by atoms with Crippen LogP contribution in [0.5, 0.6) is 0 Å². The molecule has 1 heterocycles. The molecule has 1 rings (SSSR count). The lowest BCUT2D eigenvalue weighted by Crippen LogP contribution is -2.45. The van der Waals surface area contributed by atoms with Crippen LogP contribution in [0.1, 0.15) is 26.2 Å². The zero-order valence-corrected chi connectivity index (χ0v) is 10.5. The van der Waals surface area contributed by atoms with Crippen molar-refractivity contribution < 1.29 is 4.79 Å². The van der Waals surface area contributed by atoms with Crippen molar-refractivity contribution >= 4 is 17.5 Å². The molecule has 4 heteroatoms. The second-order valence-electron chi connectivity index (χ2n) is 4.11. The number of rotatable bonds is 4. The zero-order chi connectivity index (χ0) is 11.3. The van der Waals surface area contributed by atoms with Crippen molar-refractivity contribution in [1.29, 1.82) is 0 Å². The minimum atomic E-state index is 0.181. The highest BCUT2D eigenvalue weighted by atomic mass is 35.5. The molecular formula is C11H21ClN2O. The van der Waals surface area contributed by atoms with Crippen molar-refractivity contribution in [2.45, 2.75) is 32.2 Å². The standard InChI is InChI=1S/C11H21ClN2O/c1-3-14-8-5-10(6-9-14)13(2)11(15)4-7-12/h10H,3-9H2,1-2H3. The third kappa shape index (κ3) is 3.65. The SMILES string of the molecule is CCN1CCC(N(C)C(=O)CCCl)CC1. The molecule has 15 heavy (non-hydrogen) atoms. The molecule has 0 bridgehead atoms. The van der Waals surface area contributed by atoms with Gasteiger partial charge in [-0.05, 0) is 19.4 Å². The van der Waals surface area contributed by atoms with Crippen molar-refractivity contribution in [3.05, 3.63) is 0 Å². The summed E-state index contributed by atoms with van der Waals surface area (Å²) in [5.74, 6) is 0.608. The van der Waals surface area contributed by atoms with Crippen LogP contribution in [-0.4, -0.2) is 54.3 Å². The Kier molecular flexibility index (Phi) is 5.40. The molecule has 1 fully saturated rings. The topological polar surface area (TPSA) is 23.6 Å². The van der Waals surface area contributed by atoms with E-state index >= 15 is 0 Å². The van der Waals surface area contributed by atoms with Crippen molar-refractivity contribution in [1.82, 2.24) is 9.80 Å². The average Bonchev–Trinajstić information content (AvgIpc) is 2.28. The van der Waals surface area contributed by atoms with Gasteiger partial charge in [0.25, 0.3) is 0 Å². The van der Waals surface area contributed by atoms with Crippen molar-refractivity contribution in [2.24, 2.45) is 0 Å². The molecule has 0 aromatic rings. The second-order valence-corrected chi connectivity index (χ2v) is 4.49. The first kappa shape index (κ1) is 12.8. The van der Waals surface area contributed by atoms with E-state index in [1.165, 1.54) is 0 Å². The van der Waals surface area contributed by atoms with Crippen LogP contribution >= 0.6 is 11.6 Å². The van der Waals surface area contributed by atoms with Gasteiger partial charge in [-0.15, -0.1) is 11.6 Å². The molecule has 0 saturated carbocycles. The highest BCUT2D eigenvalue weighted by Crippen LogP contribution is 2.15. The zero-order valence-electron chi connectivity index (χ0n) is 9.71. The average molecular weight is 233 g/mol. The summed E-state index contributed by atoms with van der Waals surface area (Å²) in [6.45, 7) is 5.52. The summed E-state index contributed by atoms with van der Waals surface area (Å²) in [7, 11) is 1.90. The highest BCUT2D eigenvalue weighted by Gasteiger charge is 2.23. The number of carbonyl (C=O) groups excluding carboxylic acids is 1. The minimum absolute atomic E-state index is 0.181. The predicted octanol–water partition coefficient (Wildman–Crippen LogP) is 1.56. The van der Waals surface area contributed by atoms with Crippen LogP contribution in [0.3, 0.4) is 0 Å². The number of nitrogens with zero attached hydrogens (tertiary/aromatic N) is 2. The second kappa shape index (κ2) is 6.33. The fourth-order valence-electron chi connectivity index (χ4n) is 2.08. The third-order valence-corrected chi connectivity index (χ3v) is 3.44. The molecule has 0 spiro atoms. The van der Waals surface area contributed by atoms with Gasteiger partial charge in [-0.2, -0.15) is 0 Å². The van der Waals surface area contributed by atoms with E-state index in [0.717, 1.165) is 32.5 Å². The summed E-state index contributed by atoms with van der Waals surface area (Å²) in [6.07, 6.45) is 2.66. The van der Waals surface area contributed by atoms with E-state index in [9.17, 15) is 4.79 Å². The Labute approximate surface area is 97.4 Å². The number of piperidine rings is 1. The quantitative estimate of drug-likeness (QED) is 0.687. The van der Waals surface area contributed by atoms with E-state index in [4.69, 9.17) is 11.6 Å². The molecule has 0 aliphatic carbocycles. The highest BCUT2D eigenvalue weighted by molar-refractivity contribution is 6.18. The van der Waals surface area contributed by atoms with Crippen LogP contribution < -0.4 is 0 Å². The fourth-order valence-corrected chi connectivity index (χ4v) is 2.25. The molecule has 0 N–H and O–H groups in total. The Morgan fingerprint density at radius 1 is 1.47 bits per heavy atom. The van der Waals surface area contributed by atoms with Crippen molar-refractivity contribution in [3.8, 4) is 0 Å². The maximum absolute atomic E-state index is 11.6. The van der Waals surface area contributed by atoms with Crippen LogP contribution in [0.4, 0.5) is 0 Å². The number of amides is 1.